The maximum Gasteiger partial charge on any atom is 0.103 e. The summed E-state index contributed by atoms with van der Waals surface area (Å²) in [6, 6.07) is 0. The number of rotatable bonds is 1. The number of allylic oxidation sites excluding steroid dienone is 1. The van der Waals surface area contributed by atoms with E-state index in [1.54, 1.807) is 0 Å². The van der Waals surface area contributed by atoms with Crippen LogP contribution >= 0.6 is 0 Å². The second kappa shape index (κ2) is 4.71. The van der Waals surface area contributed by atoms with Crippen LogP contribution in [-0.4, -0.2) is 49.0 Å². The number of hydrogen-bond acceptors (Lipinski definition) is 4. The standard InChI is InChI=1S/C16H23N3O/c1-20-12-4-5-14-13(11-12)18-16(6-8-17-9-7-16)15-3-2-10-19(14)15/h3,5,12,17H,2,4,6-11H2,1H3. The molecular weight excluding hydrogens is 250 g/mol. The fourth-order valence-corrected chi connectivity index (χ4v) is 4.09. The van der Waals surface area contributed by atoms with Gasteiger partial charge in [0.05, 0.1) is 17.5 Å². The van der Waals surface area contributed by atoms with Crippen LogP contribution in [0.4, 0.5) is 0 Å². The van der Waals surface area contributed by atoms with Crippen molar-refractivity contribution in [3.05, 3.63) is 23.5 Å². The first-order valence-corrected chi connectivity index (χ1v) is 7.83. The molecule has 4 rings (SSSR count). The number of hydrogen-bond donors (Lipinski definition) is 1. The van der Waals surface area contributed by atoms with Crippen LogP contribution in [0.1, 0.15) is 32.1 Å². The SMILES string of the molecule is COC1CC=C2C(=NC3(CCNCC3)C3=CCCN23)C1. The quantitative estimate of drug-likeness (QED) is 0.792. The van der Waals surface area contributed by atoms with Crippen molar-refractivity contribution in [2.45, 2.75) is 43.7 Å². The van der Waals surface area contributed by atoms with Crippen LogP contribution in [0.5, 0.6) is 0 Å². The van der Waals surface area contributed by atoms with E-state index in [4.69, 9.17) is 9.73 Å². The molecule has 1 unspecified atom stereocenters. The Morgan fingerprint density at radius 1 is 1.35 bits per heavy atom. The topological polar surface area (TPSA) is 36.9 Å². The van der Waals surface area contributed by atoms with Crippen LogP contribution in [0.2, 0.25) is 0 Å². The molecule has 0 aromatic rings. The third kappa shape index (κ3) is 1.78. The molecule has 4 aliphatic rings. The Labute approximate surface area is 120 Å². The molecule has 4 nitrogen and oxygen atoms in total. The molecule has 0 aromatic carbocycles. The predicted octanol–water partition coefficient (Wildman–Crippen LogP) is 1.85. The van der Waals surface area contributed by atoms with Crippen LogP contribution in [-0.2, 0) is 4.74 Å². The van der Waals surface area contributed by atoms with Gasteiger partial charge in [0.15, 0.2) is 0 Å². The lowest BCUT2D eigenvalue weighted by Gasteiger charge is -2.46. The summed E-state index contributed by atoms with van der Waals surface area (Å²) in [4.78, 5) is 7.80. The van der Waals surface area contributed by atoms with Gasteiger partial charge in [-0.1, -0.05) is 12.2 Å². The summed E-state index contributed by atoms with van der Waals surface area (Å²) >= 11 is 0. The zero-order valence-electron chi connectivity index (χ0n) is 12.2. The average Bonchev–Trinajstić information content (AvgIpc) is 2.98. The molecule has 108 valence electrons. The normalized spacial score (nSPS) is 31.4. The van der Waals surface area contributed by atoms with Crippen molar-refractivity contribution in [1.82, 2.24) is 10.2 Å². The summed E-state index contributed by atoms with van der Waals surface area (Å²) in [7, 11) is 1.81. The van der Waals surface area contributed by atoms with Crippen LogP contribution in [0.15, 0.2) is 28.5 Å². The number of piperidine rings is 1. The Morgan fingerprint density at radius 3 is 3.00 bits per heavy atom. The molecular formula is C16H23N3O. The number of nitrogens with zero attached hydrogens (tertiary/aromatic N) is 2. The Kier molecular flexibility index (Phi) is 2.97. The van der Waals surface area contributed by atoms with Crippen LogP contribution < -0.4 is 5.32 Å². The molecule has 1 N–H and O–H groups in total. The van der Waals surface area contributed by atoms with E-state index < -0.39 is 0 Å². The molecule has 1 spiro atoms. The zero-order chi connectivity index (χ0) is 13.6. The third-order valence-corrected chi connectivity index (χ3v) is 5.15. The molecule has 1 fully saturated rings. The number of methoxy groups -OCH3 is 1. The molecule has 1 saturated heterocycles. The van der Waals surface area contributed by atoms with E-state index in [9.17, 15) is 0 Å². The van der Waals surface area contributed by atoms with Crippen molar-refractivity contribution in [1.29, 1.82) is 0 Å². The van der Waals surface area contributed by atoms with Crippen LogP contribution in [0, 0.1) is 0 Å². The summed E-state index contributed by atoms with van der Waals surface area (Å²) in [6.45, 7) is 3.29. The lowest BCUT2D eigenvalue weighted by molar-refractivity contribution is 0.107. The molecule has 0 aromatic heterocycles. The van der Waals surface area contributed by atoms with Crippen molar-refractivity contribution < 1.29 is 4.74 Å². The van der Waals surface area contributed by atoms with E-state index in [1.807, 2.05) is 7.11 Å². The fraction of sp³-hybridized carbons (Fsp3) is 0.688. The van der Waals surface area contributed by atoms with E-state index in [0.717, 1.165) is 45.3 Å². The highest BCUT2D eigenvalue weighted by Gasteiger charge is 2.45. The highest BCUT2D eigenvalue weighted by Crippen LogP contribution is 2.44. The minimum atomic E-state index is 0.0457. The zero-order valence-corrected chi connectivity index (χ0v) is 12.2. The molecule has 0 bridgehead atoms. The van der Waals surface area contributed by atoms with E-state index in [-0.39, 0.29) is 5.54 Å². The molecule has 4 heteroatoms. The van der Waals surface area contributed by atoms with Gasteiger partial charge < -0.3 is 15.0 Å². The summed E-state index contributed by atoms with van der Waals surface area (Å²) in [5.74, 6) is 0. The number of ether oxygens (including phenoxy) is 1. The van der Waals surface area contributed by atoms with Gasteiger partial charge >= 0.3 is 0 Å². The van der Waals surface area contributed by atoms with Gasteiger partial charge in [0.2, 0.25) is 0 Å². The van der Waals surface area contributed by atoms with Gasteiger partial charge in [-0.3, -0.25) is 4.99 Å². The minimum absolute atomic E-state index is 0.0457. The first kappa shape index (κ1) is 12.6. The van der Waals surface area contributed by atoms with Gasteiger partial charge in [0, 0.05) is 25.8 Å². The predicted molar refractivity (Wildman–Crippen MR) is 79.8 cm³/mol. The van der Waals surface area contributed by atoms with Crippen molar-refractivity contribution in [2.75, 3.05) is 26.7 Å². The monoisotopic (exact) mass is 273 g/mol. The second-order valence-electron chi connectivity index (χ2n) is 6.26. The Bertz CT molecular complexity index is 500. The van der Waals surface area contributed by atoms with Gasteiger partial charge in [-0.15, -0.1) is 0 Å². The van der Waals surface area contributed by atoms with Crippen molar-refractivity contribution in [3.8, 4) is 0 Å². The van der Waals surface area contributed by atoms with Crippen molar-refractivity contribution >= 4 is 5.71 Å². The van der Waals surface area contributed by atoms with E-state index >= 15 is 0 Å². The first-order valence-electron chi connectivity index (χ1n) is 7.83. The highest BCUT2D eigenvalue weighted by molar-refractivity contribution is 6.02. The minimum Gasteiger partial charge on any atom is -0.381 e. The van der Waals surface area contributed by atoms with Gasteiger partial charge in [-0.2, -0.15) is 0 Å². The Hall–Kier alpha value is -1.13. The summed E-state index contributed by atoms with van der Waals surface area (Å²) < 4.78 is 5.56. The van der Waals surface area contributed by atoms with Crippen molar-refractivity contribution in [3.63, 3.8) is 0 Å². The molecule has 0 radical (unpaired) electrons. The number of aliphatic imine (C=N–C) groups is 1. The Morgan fingerprint density at radius 2 is 2.20 bits per heavy atom. The van der Waals surface area contributed by atoms with E-state index in [0.29, 0.717) is 6.10 Å². The maximum absolute atomic E-state index is 5.56. The maximum atomic E-state index is 5.56. The fourth-order valence-electron chi connectivity index (χ4n) is 4.09. The number of nitrogens with one attached hydrogen (secondary N) is 1. The molecule has 3 aliphatic heterocycles. The van der Waals surface area contributed by atoms with Crippen LogP contribution in [0.3, 0.4) is 0 Å². The van der Waals surface area contributed by atoms with E-state index in [2.05, 4.69) is 22.4 Å². The smallest absolute Gasteiger partial charge is 0.103 e. The van der Waals surface area contributed by atoms with Gasteiger partial charge in [-0.25, -0.2) is 0 Å². The highest BCUT2D eigenvalue weighted by atomic mass is 16.5. The third-order valence-electron chi connectivity index (χ3n) is 5.15. The average molecular weight is 273 g/mol. The molecule has 1 aliphatic carbocycles. The lowest BCUT2D eigenvalue weighted by Crippen LogP contribution is -2.50. The Balaban J connectivity index is 1.77. The van der Waals surface area contributed by atoms with Crippen molar-refractivity contribution in [2.24, 2.45) is 4.99 Å². The second-order valence-corrected chi connectivity index (χ2v) is 6.26. The number of fused-ring (bicyclic) bond motifs is 4. The largest absolute Gasteiger partial charge is 0.381 e. The molecule has 0 saturated carbocycles. The molecule has 3 heterocycles. The summed E-state index contributed by atoms with van der Waals surface area (Å²) in [6.07, 6.45) is 10.5. The summed E-state index contributed by atoms with van der Waals surface area (Å²) in [5.41, 5.74) is 4.17. The molecule has 0 amide bonds. The molecule has 1 atom stereocenters. The molecule has 20 heavy (non-hydrogen) atoms. The van der Waals surface area contributed by atoms with Gasteiger partial charge in [0.1, 0.15) is 5.54 Å². The first-order chi connectivity index (χ1) is 9.82. The van der Waals surface area contributed by atoms with Gasteiger partial charge in [-0.05, 0) is 38.8 Å². The lowest BCUT2D eigenvalue weighted by atomic mass is 9.81. The van der Waals surface area contributed by atoms with Gasteiger partial charge in [0.25, 0.3) is 0 Å². The van der Waals surface area contributed by atoms with Crippen LogP contribution in [0.25, 0.3) is 0 Å². The van der Waals surface area contributed by atoms with E-state index in [1.165, 1.54) is 23.5 Å². The summed E-state index contributed by atoms with van der Waals surface area (Å²) in [5, 5.41) is 3.47.